The summed E-state index contributed by atoms with van der Waals surface area (Å²) in [6.07, 6.45) is 1.35. The van der Waals surface area contributed by atoms with Crippen molar-refractivity contribution in [2.45, 2.75) is 45.8 Å². The number of hydrogen-bond donors (Lipinski definition) is 1. The minimum absolute atomic E-state index is 0.213. The van der Waals surface area contributed by atoms with Gasteiger partial charge in [-0.3, -0.25) is 0 Å². The van der Waals surface area contributed by atoms with Gasteiger partial charge >= 0.3 is 6.09 Å². The van der Waals surface area contributed by atoms with Crippen molar-refractivity contribution < 1.29 is 23.1 Å². The molecule has 1 aromatic heterocycles. The molecule has 3 aromatic rings. The van der Waals surface area contributed by atoms with Gasteiger partial charge in [-0.1, -0.05) is 24.3 Å². The summed E-state index contributed by atoms with van der Waals surface area (Å²) >= 11 is 0. The Hall–Kier alpha value is -2.90. The number of carbonyl (C=O) groups excluding carboxylic acids is 1. The molecule has 0 aliphatic carbocycles. The number of carbonyl (C=O) groups is 1. The molecular weight excluding hydrogens is 447 g/mol. The van der Waals surface area contributed by atoms with E-state index in [4.69, 9.17) is 13.9 Å². The maximum Gasteiger partial charge on any atom is 0.410 e. The molecule has 0 spiro atoms. The van der Waals surface area contributed by atoms with Crippen LogP contribution in [0.2, 0.25) is 0 Å². The molecular formula is C28H35FN2O4. The van der Waals surface area contributed by atoms with Crippen LogP contribution in [-0.4, -0.2) is 49.4 Å². The Labute approximate surface area is 206 Å². The average molecular weight is 483 g/mol. The second-order valence-electron chi connectivity index (χ2n) is 10.2. The molecule has 35 heavy (non-hydrogen) atoms. The first-order valence-electron chi connectivity index (χ1n) is 12.3. The number of furan rings is 1. The summed E-state index contributed by atoms with van der Waals surface area (Å²) in [7, 11) is 0. The van der Waals surface area contributed by atoms with Gasteiger partial charge in [0.15, 0.2) is 0 Å². The fraction of sp³-hybridized carbons (Fsp3) is 0.464. The zero-order valence-electron chi connectivity index (χ0n) is 20.8. The lowest BCUT2D eigenvalue weighted by atomic mass is 10.0. The van der Waals surface area contributed by atoms with Crippen LogP contribution in [0.15, 0.2) is 52.9 Å². The third-order valence-corrected chi connectivity index (χ3v) is 5.92. The van der Waals surface area contributed by atoms with E-state index in [0.717, 1.165) is 53.8 Å². The Kier molecular flexibility index (Phi) is 8.08. The van der Waals surface area contributed by atoms with Crippen LogP contribution in [0.25, 0.3) is 11.0 Å². The summed E-state index contributed by atoms with van der Waals surface area (Å²) in [5.74, 6) is 1.10. The van der Waals surface area contributed by atoms with Gasteiger partial charge in [-0.2, -0.15) is 0 Å². The van der Waals surface area contributed by atoms with Crippen molar-refractivity contribution in [3.05, 3.63) is 71.2 Å². The number of nitrogens with one attached hydrogen (secondary N) is 1. The van der Waals surface area contributed by atoms with Gasteiger partial charge in [-0.25, -0.2) is 9.18 Å². The maximum absolute atomic E-state index is 13.1. The number of nitrogens with zero attached hydrogens (tertiary/aromatic N) is 1. The van der Waals surface area contributed by atoms with Crippen molar-refractivity contribution in [2.24, 2.45) is 5.92 Å². The van der Waals surface area contributed by atoms with Gasteiger partial charge in [0.05, 0.1) is 13.2 Å². The van der Waals surface area contributed by atoms with Gasteiger partial charge in [-0.05, 0) is 62.6 Å². The molecule has 2 aromatic carbocycles. The number of benzene rings is 2. The molecule has 188 valence electrons. The van der Waals surface area contributed by atoms with Crippen molar-refractivity contribution >= 4 is 17.1 Å². The van der Waals surface area contributed by atoms with Crippen molar-refractivity contribution in [1.82, 2.24) is 10.2 Å². The molecule has 4 rings (SSSR count). The Morgan fingerprint density at radius 3 is 2.57 bits per heavy atom. The SMILES string of the molecule is CC(C)(C)OC(=O)N1CC(COCCNCc2ccc3cc(CCc4ccc(F)cc4)oc3c2)C1. The Balaban J connectivity index is 1.11. The first kappa shape index (κ1) is 25.2. The minimum Gasteiger partial charge on any atom is -0.461 e. The lowest BCUT2D eigenvalue weighted by Gasteiger charge is -2.39. The van der Waals surface area contributed by atoms with Crippen LogP contribution >= 0.6 is 0 Å². The molecule has 1 N–H and O–H groups in total. The van der Waals surface area contributed by atoms with Gasteiger partial charge < -0.3 is 24.1 Å². The zero-order chi connectivity index (χ0) is 24.8. The second kappa shape index (κ2) is 11.2. The van der Waals surface area contributed by atoms with Crippen LogP contribution in [0.5, 0.6) is 0 Å². The van der Waals surface area contributed by atoms with Crippen LogP contribution in [0.3, 0.4) is 0 Å². The highest BCUT2D eigenvalue weighted by Gasteiger charge is 2.33. The molecule has 2 heterocycles. The lowest BCUT2D eigenvalue weighted by molar-refractivity contribution is -0.0198. The van der Waals surface area contributed by atoms with E-state index >= 15 is 0 Å². The van der Waals surface area contributed by atoms with E-state index in [1.165, 1.54) is 12.1 Å². The smallest absolute Gasteiger partial charge is 0.410 e. The predicted octanol–water partition coefficient (Wildman–Crippen LogP) is 5.33. The zero-order valence-corrected chi connectivity index (χ0v) is 20.8. The van der Waals surface area contributed by atoms with Crippen molar-refractivity contribution in [3.63, 3.8) is 0 Å². The first-order chi connectivity index (χ1) is 16.7. The molecule has 6 nitrogen and oxygen atoms in total. The van der Waals surface area contributed by atoms with E-state index in [9.17, 15) is 9.18 Å². The molecule has 1 amide bonds. The van der Waals surface area contributed by atoms with Crippen LogP contribution < -0.4 is 5.32 Å². The van der Waals surface area contributed by atoms with E-state index in [1.807, 2.05) is 32.9 Å². The highest BCUT2D eigenvalue weighted by molar-refractivity contribution is 5.78. The van der Waals surface area contributed by atoms with Crippen LogP contribution in [0, 0.1) is 11.7 Å². The van der Waals surface area contributed by atoms with Gasteiger partial charge in [0, 0.05) is 43.9 Å². The van der Waals surface area contributed by atoms with Crippen LogP contribution in [0.4, 0.5) is 9.18 Å². The number of likely N-dealkylation sites (tertiary alicyclic amines) is 1. The number of ether oxygens (including phenoxy) is 2. The summed E-state index contributed by atoms with van der Waals surface area (Å²) in [5.41, 5.74) is 2.67. The fourth-order valence-corrected chi connectivity index (χ4v) is 4.06. The third-order valence-electron chi connectivity index (χ3n) is 5.92. The molecule has 0 unspecified atom stereocenters. The van der Waals surface area contributed by atoms with E-state index < -0.39 is 5.60 Å². The fourth-order valence-electron chi connectivity index (χ4n) is 4.06. The summed E-state index contributed by atoms with van der Waals surface area (Å²) in [5, 5.41) is 4.49. The maximum atomic E-state index is 13.1. The summed E-state index contributed by atoms with van der Waals surface area (Å²) in [4.78, 5) is 13.7. The molecule has 1 aliphatic heterocycles. The number of amides is 1. The molecule has 0 saturated carbocycles. The predicted molar refractivity (Wildman–Crippen MR) is 134 cm³/mol. The van der Waals surface area contributed by atoms with Crippen molar-refractivity contribution in [3.8, 4) is 0 Å². The van der Waals surface area contributed by atoms with Crippen molar-refractivity contribution in [2.75, 3.05) is 32.8 Å². The lowest BCUT2D eigenvalue weighted by Crippen LogP contribution is -2.53. The largest absolute Gasteiger partial charge is 0.461 e. The number of rotatable bonds is 10. The standard InChI is InChI=1S/C28H35FN2O4/c1-28(2,3)35-27(32)31-17-22(18-31)19-33-13-12-30-16-21-4-8-23-15-25(34-26(23)14-21)11-7-20-5-9-24(29)10-6-20/h4-6,8-10,14-15,22,30H,7,11-13,16-19H2,1-3H3. The van der Waals surface area contributed by atoms with E-state index in [-0.39, 0.29) is 11.9 Å². The molecule has 1 saturated heterocycles. The van der Waals surface area contributed by atoms with Crippen LogP contribution in [-0.2, 0) is 28.9 Å². The minimum atomic E-state index is -0.459. The number of hydrogen-bond acceptors (Lipinski definition) is 5. The normalized spacial score (nSPS) is 14.3. The van der Waals surface area contributed by atoms with E-state index in [1.54, 1.807) is 4.90 Å². The first-order valence-corrected chi connectivity index (χ1v) is 12.3. The number of fused-ring (bicyclic) bond motifs is 1. The monoisotopic (exact) mass is 482 g/mol. The molecule has 1 fully saturated rings. The Morgan fingerprint density at radius 2 is 1.83 bits per heavy atom. The van der Waals surface area contributed by atoms with E-state index in [0.29, 0.717) is 32.2 Å². The molecule has 0 bridgehead atoms. The Morgan fingerprint density at radius 1 is 1.09 bits per heavy atom. The summed E-state index contributed by atoms with van der Waals surface area (Å²) < 4.78 is 30.2. The molecule has 0 radical (unpaired) electrons. The third kappa shape index (κ3) is 7.54. The van der Waals surface area contributed by atoms with Gasteiger partial charge in [0.25, 0.3) is 0 Å². The van der Waals surface area contributed by atoms with Gasteiger partial charge in [0.2, 0.25) is 0 Å². The van der Waals surface area contributed by atoms with E-state index in [2.05, 4.69) is 29.6 Å². The second-order valence-corrected chi connectivity index (χ2v) is 10.2. The summed E-state index contributed by atoms with van der Waals surface area (Å²) in [6.45, 7) is 9.78. The topological polar surface area (TPSA) is 63.9 Å². The van der Waals surface area contributed by atoms with Crippen LogP contribution in [0.1, 0.15) is 37.7 Å². The summed E-state index contributed by atoms with van der Waals surface area (Å²) in [6, 6.07) is 15.0. The highest BCUT2D eigenvalue weighted by Crippen LogP contribution is 2.22. The Bertz CT molecular complexity index is 1110. The molecule has 1 aliphatic rings. The molecule has 0 atom stereocenters. The number of halogens is 1. The number of aryl methyl sites for hydroxylation is 2. The van der Waals surface area contributed by atoms with Crippen molar-refractivity contribution in [1.29, 1.82) is 0 Å². The highest BCUT2D eigenvalue weighted by atomic mass is 19.1. The molecule has 7 heteroatoms. The average Bonchev–Trinajstić information content (AvgIpc) is 3.17. The quantitative estimate of drug-likeness (QED) is 0.396. The van der Waals surface area contributed by atoms with Gasteiger partial charge in [0.1, 0.15) is 22.8 Å². The van der Waals surface area contributed by atoms with Gasteiger partial charge in [-0.15, -0.1) is 0 Å².